The van der Waals surface area contributed by atoms with Crippen LogP contribution in [0.25, 0.3) is 0 Å². The molecule has 1 aliphatic carbocycles. The third-order valence-electron chi connectivity index (χ3n) is 2.79. The maximum absolute atomic E-state index is 10.7. The first-order chi connectivity index (χ1) is 5.66. The Bertz CT molecular complexity index is 216. The number of hydrogen-bond donors (Lipinski definition) is 1. The molecule has 0 amide bonds. The van der Waals surface area contributed by atoms with Crippen LogP contribution >= 0.6 is 0 Å². The zero-order valence-electron chi connectivity index (χ0n) is 7.76. The fraction of sp³-hybridized carbons (Fsp3) is 0.700. The van der Waals surface area contributed by atoms with Gasteiger partial charge in [0.2, 0.25) is 0 Å². The van der Waals surface area contributed by atoms with Gasteiger partial charge in [0.15, 0.2) is 0 Å². The molecule has 0 saturated heterocycles. The van der Waals surface area contributed by atoms with Crippen molar-refractivity contribution < 1.29 is 9.90 Å². The summed E-state index contributed by atoms with van der Waals surface area (Å²) in [6.45, 7) is 3.86. The van der Waals surface area contributed by atoms with Gasteiger partial charge in [-0.15, -0.1) is 0 Å². The third kappa shape index (κ3) is 1.68. The molecule has 0 radical (unpaired) electrons. The average molecular weight is 168 g/mol. The molecule has 0 heterocycles. The summed E-state index contributed by atoms with van der Waals surface area (Å²) >= 11 is 0. The second kappa shape index (κ2) is 3.74. The van der Waals surface area contributed by atoms with E-state index in [1.807, 2.05) is 0 Å². The van der Waals surface area contributed by atoms with Crippen LogP contribution in [0.4, 0.5) is 0 Å². The first-order valence-corrected chi connectivity index (χ1v) is 4.59. The monoisotopic (exact) mass is 168 g/mol. The number of allylic oxidation sites excluding steroid dienone is 1. The predicted octanol–water partition coefficient (Wildman–Crippen LogP) is 2.60. The van der Waals surface area contributed by atoms with E-state index in [1.54, 1.807) is 6.92 Å². The minimum Gasteiger partial charge on any atom is -0.478 e. The summed E-state index contributed by atoms with van der Waals surface area (Å²) in [6.07, 6.45) is 4.42. The molecule has 12 heavy (non-hydrogen) atoms. The summed E-state index contributed by atoms with van der Waals surface area (Å²) in [5.74, 6) is -0.202. The Balaban J connectivity index is 2.84. The SMILES string of the molecule is CCC1CCCC1=C(C)C(=O)O. The number of carbonyl (C=O) groups is 1. The van der Waals surface area contributed by atoms with Crippen molar-refractivity contribution in [3.63, 3.8) is 0 Å². The second-order valence-corrected chi connectivity index (χ2v) is 3.45. The van der Waals surface area contributed by atoms with Gasteiger partial charge in [-0.25, -0.2) is 4.79 Å². The molecule has 1 fully saturated rings. The normalized spacial score (nSPS) is 27.3. The highest BCUT2D eigenvalue weighted by atomic mass is 16.4. The van der Waals surface area contributed by atoms with E-state index < -0.39 is 5.97 Å². The van der Waals surface area contributed by atoms with Gasteiger partial charge in [0.05, 0.1) is 0 Å². The van der Waals surface area contributed by atoms with Crippen LogP contribution in [-0.4, -0.2) is 11.1 Å². The topological polar surface area (TPSA) is 37.3 Å². The minimum atomic E-state index is -0.745. The number of carboxylic acids is 1. The number of aliphatic carboxylic acids is 1. The van der Waals surface area contributed by atoms with Crippen molar-refractivity contribution in [3.8, 4) is 0 Å². The van der Waals surface area contributed by atoms with Crippen LogP contribution in [0.15, 0.2) is 11.1 Å². The summed E-state index contributed by atoms with van der Waals surface area (Å²) in [5, 5.41) is 8.80. The molecule has 1 aliphatic rings. The summed E-state index contributed by atoms with van der Waals surface area (Å²) in [6, 6.07) is 0. The zero-order chi connectivity index (χ0) is 9.14. The molecule has 1 N–H and O–H groups in total. The predicted molar refractivity (Wildman–Crippen MR) is 48.0 cm³/mol. The van der Waals surface area contributed by atoms with Crippen molar-refractivity contribution in [2.45, 2.75) is 39.5 Å². The number of hydrogen-bond acceptors (Lipinski definition) is 1. The molecule has 68 valence electrons. The third-order valence-corrected chi connectivity index (χ3v) is 2.79. The maximum atomic E-state index is 10.7. The summed E-state index contributed by atoms with van der Waals surface area (Å²) in [4.78, 5) is 10.7. The van der Waals surface area contributed by atoms with E-state index in [9.17, 15) is 4.79 Å². The van der Waals surface area contributed by atoms with Gasteiger partial charge in [-0.05, 0) is 38.5 Å². The molecule has 0 aromatic heterocycles. The highest BCUT2D eigenvalue weighted by Gasteiger charge is 2.22. The first kappa shape index (κ1) is 9.30. The Labute approximate surface area is 73.3 Å². The van der Waals surface area contributed by atoms with Crippen molar-refractivity contribution in [2.24, 2.45) is 5.92 Å². The first-order valence-electron chi connectivity index (χ1n) is 4.59. The lowest BCUT2D eigenvalue weighted by Gasteiger charge is -2.10. The van der Waals surface area contributed by atoms with Gasteiger partial charge in [0, 0.05) is 5.57 Å². The summed E-state index contributed by atoms with van der Waals surface area (Å²) < 4.78 is 0. The Morgan fingerprint density at radius 3 is 2.83 bits per heavy atom. The molecule has 1 rings (SSSR count). The van der Waals surface area contributed by atoms with Gasteiger partial charge in [-0.2, -0.15) is 0 Å². The van der Waals surface area contributed by atoms with Gasteiger partial charge in [-0.1, -0.05) is 12.5 Å². The van der Waals surface area contributed by atoms with Crippen molar-refractivity contribution >= 4 is 5.97 Å². The van der Waals surface area contributed by atoms with Crippen LogP contribution in [0.2, 0.25) is 0 Å². The Morgan fingerprint density at radius 1 is 1.67 bits per heavy atom. The van der Waals surface area contributed by atoms with Gasteiger partial charge >= 0.3 is 5.97 Å². The van der Waals surface area contributed by atoms with E-state index in [4.69, 9.17) is 5.11 Å². The van der Waals surface area contributed by atoms with Crippen LogP contribution in [0, 0.1) is 5.92 Å². The van der Waals surface area contributed by atoms with Gasteiger partial charge < -0.3 is 5.11 Å². The molecule has 0 aromatic carbocycles. The summed E-state index contributed by atoms with van der Waals surface area (Å²) in [5.41, 5.74) is 1.77. The Morgan fingerprint density at radius 2 is 2.33 bits per heavy atom. The van der Waals surface area contributed by atoms with Gasteiger partial charge in [0.1, 0.15) is 0 Å². The smallest absolute Gasteiger partial charge is 0.331 e. The average Bonchev–Trinajstić information content (AvgIpc) is 2.49. The molecule has 0 bridgehead atoms. The number of rotatable bonds is 2. The molecular formula is C10H16O2. The van der Waals surface area contributed by atoms with E-state index in [1.165, 1.54) is 18.4 Å². The zero-order valence-corrected chi connectivity index (χ0v) is 7.76. The molecule has 0 aliphatic heterocycles. The van der Waals surface area contributed by atoms with Gasteiger partial charge in [-0.3, -0.25) is 0 Å². The fourth-order valence-corrected chi connectivity index (χ4v) is 2.00. The van der Waals surface area contributed by atoms with Crippen LogP contribution in [-0.2, 0) is 4.79 Å². The van der Waals surface area contributed by atoms with Crippen molar-refractivity contribution in [1.29, 1.82) is 0 Å². The van der Waals surface area contributed by atoms with E-state index >= 15 is 0 Å². The standard InChI is InChI=1S/C10H16O2/c1-3-8-5-4-6-9(8)7(2)10(11)12/h8H,3-6H2,1-2H3,(H,11,12). The van der Waals surface area contributed by atoms with Crippen molar-refractivity contribution in [2.75, 3.05) is 0 Å². The molecule has 1 atom stereocenters. The number of carboxylic acid groups (broad SMARTS) is 1. The fourth-order valence-electron chi connectivity index (χ4n) is 2.00. The molecule has 1 unspecified atom stereocenters. The molecule has 0 aromatic rings. The summed E-state index contributed by atoms with van der Waals surface area (Å²) in [7, 11) is 0. The van der Waals surface area contributed by atoms with Crippen molar-refractivity contribution in [3.05, 3.63) is 11.1 Å². The lowest BCUT2D eigenvalue weighted by Crippen LogP contribution is -2.04. The molecule has 2 nitrogen and oxygen atoms in total. The van der Waals surface area contributed by atoms with Gasteiger partial charge in [0.25, 0.3) is 0 Å². The van der Waals surface area contributed by atoms with E-state index in [2.05, 4.69) is 6.92 Å². The molecular weight excluding hydrogens is 152 g/mol. The van der Waals surface area contributed by atoms with Crippen LogP contribution in [0.1, 0.15) is 39.5 Å². The second-order valence-electron chi connectivity index (χ2n) is 3.45. The lowest BCUT2D eigenvalue weighted by molar-refractivity contribution is -0.132. The van der Waals surface area contributed by atoms with E-state index in [0.717, 1.165) is 12.8 Å². The quantitative estimate of drug-likeness (QED) is 0.643. The minimum absolute atomic E-state index is 0.543. The molecule has 0 spiro atoms. The molecule has 1 saturated carbocycles. The van der Waals surface area contributed by atoms with E-state index in [-0.39, 0.29) is 0 Å². The Hall–Kier alpha value is -0.790. The highest BCUT2D eigenvalue weighted by Crippen LogP contribution is 2.35. The largest absolute Gasteiger partial charge is 0.478 e. The molecule has 2 heteroatoms. The lowest BCUT2D eigenvalue weighted by atomic mass is 9.96. The van der Waals surface area contributed by atoms with Crippen LogP contribution in [0.3, 0.4) is 0 Å². The van der Waals surface area contributed by atoms with Crippen LogP contribution in [0.5, 0.6) is 0 Å². The highest BCUT2D eigenvalue weighted by molar-refractivity contribution is 5.87. The van der Waals surface area contributed by atoms with Crippen LogP contribution < -0.4 is 0 Å². The van der Waals surface area contributed by atoms with Crippen molar-refractivity contribution in [1.82, 2.24) is 0 Å². The van der Waals surface area contributed by atoms with E-state index in [0.29, 0.717) is 11.5 Å². The maximum Gasteiger partial charge on any atom is 0.331 e. The Kier molecular flexibility index (Phi) is 2.90.